The molecule has 3 rings (SSSR count). The van der Waals surface area contributed by atoms with E-state index in [1.165, 1.54) is 19.4 Å². The van der Waals surface area contributed by atoms with Crippen molar-refractivity contribution in [3.8, 4) is 22.8 Å². The second-order valence-corrected chi connectivity index (χ2v) is 6.42. The van der Waals surface area contributed by atoms with Crippen LogP contribution < -0.4 is 20.5 Å². The molecular weight excluding hydrogens is 395 g/mol. The van der Waals surface area contributed by atoms with E-state index in [0.717, 1.165) is 12.1 Å². The quantitative estimate of drug-likeness (QED) is 0.507. The molecule has 0 aliphatic rings. The Labute approximate surface area is 171 Å². The van der Waals surface area contributed by atoms with Crippen LogP contribution in [0.5, 0.6) is 11.6 Å². The lowest BCUT2D eigenvalue weighted by molar-refractivity contribution is 0.0691. The van der Waals surface area contributed by atoms with Crippen LogP contribution in [0, 0.1) is 5.82 Å². The number of nitrogens with zero attached hydrogens (tertiary/aromatic N) is 2. The number of hydrogen-bond donors (Lipinski definition) is 3. The first-order valence-corrected chi connectivity index (χ1v) is 8.98. The lowest BCUT2D eigenvalue weighted by Gasteiger charge is -2.18. The van der Waals surface area contributed by atoms with Crippen LogP contribution in [0.3, 0.4) is 0 Å². The van der Waals surface area contributed by atoms with Crippen molar-refractivity contribution in [2.45, 2.75) is 19.6 Å². The first-order chi connectivity index (χ1) is 14.3. The zero-order valence-corrected chi connectivity index (χ0v) is 16.6. The van der Waals surface area contributed by atoms with Crippen LogP contribution in [0.2, 0.25) is 0 Å². The van der Waals surface area contributed by atoms with Gasteiger partial charge < -0.3 is 30.2 Å². The maximum atomic E-state index is 13.7. The zero-order chi connectivity index (χ0) is 21.8. The first-order valence-electron chi connectivity index (χ1n) is 8.98. The summed E-state index contributed by atoms with van der Waals surface area (Å²) in [6.07, 6.45) is 0.707. The van der Waals surface area contributed by atoms with Crippen LogP contribution in [0.4, 0.5) is 10.2 Å². The molecule has 0 aliphatic heterocycles. The monoisotopic (exact) mass is 416 g/mol. The summed E-state index contributed by atoms with van der Waals surface area (Å²) >= 11 is 0. The van der Waals surface area contributed by atoms with E-state index in [1.807, 2.05) is 0 Å². The number of nitrogen functional groups attached to an aromatic ring is 1. The number of ether oxygens (including phenoxy) is 2. The predicted octanol–water partition coefficient (Wildman–Crippen LogP) is 3.02. The van der Waals surface area contributed by atoms with Gasteiger partial charge in [0.05, 0.1) is 24.8 Å². The molecule has 1 unspecified atom stereocenters. The van der Waals surface area contributed by atoms with Crippen molar-refractivity contribution in [2.24, 2.45) is 0 Å². The van der Waals surface area contributed by atoms with Gasteiger partial charge in [-0.15, -0.1) is 0 Å². The molecule has 3 aromatic rings. The molecule has 1 atom stereocenters. The molecule has 158 valence electrons. The van der Waals surface area contributed by atoms with Crippen LogP contribution in [0.1, 0.15) is 34.7 Å². The number of aromatic nitrogens is 2. The lowest BCUT2D eigenvalue weighted by Crippen LogP contribution is -2.12. The molecule has 0 bridgehead atoms. The Balaban J connectivity index is 1.99. The molecule has 10 heteroatoms. The van der Waals surface area contributed by atoms with E-state index >= 15 is 0 Å². The molecule has 0 saturated heterocycles. The highest BCUT2D eigenvalue weighted by atomic mass is 19.1. The summed E-state index contributed by atoms with van der Waals surface area (Å²) in [6.45, 7) is 1.99. The van der Waals surface area contributed by atoms with E-state index in [1.54, 1.807) is 20.0 Å². The number of halogens is 1. The number of hydrogen-bond acceptors (Lipinski definition) is 8. The minimum absolute atomic E-state index is 0.0661. The summed E-state index contributed by atoms with van der Waals surface area (Å²) < 4.78 is 30.2. The van der Waals surface area contributed by atoms with Gasteiger partial charge >= 0.3 is 5.97 Å². The Hall–Kier alpha value is -3.66. The molecule has 2 heterocycles. The minimum Gasteiger partial charge on any atom is -0.482 e. The Bertz CT molecular complexity index is 1070. The molecule has 1 aromatic carbocycles. The fourth-order valence-corrected chi connectivity index (χ4v) is 3.02. The molecule has 30 heavy (non-hydrogen) atoms. The van der Waals surface area contributed by atoms with Crippen LogP contribution in [-0.2, 0) is 6.54 Å². The molecule has 0 spiro atoms. The first kappa shape index (κ1) is 21.1. The van der Waals surface area contributed by atoms with Gasteiger partial charge in [0.15, 0.2) is 17.3 Å². The van der Waals surface area contributed by atoms with Gasteiger partial charge in [-0.25, -0.2) is 14.2 Å². The molecule has 0 saturated carbocycles. The Morgan fingerprint density at radius 1 is 1.40 bits per heavy atom. The standard InChI is InChI=1S/C20H21FN4O5/c1-10(14-7-12(21)4-5-13(14)20(26)27)29-15-6-11(8-24-18(15)22)17-16(9-23-2)30-25-19(17)28-3/h4-8,10,23H,9H2,1-3H3,(H2,22,24)(H,26,27). The van der Waals surface area contributed by atoms with E-state index in [2.05, 4.69) is 15.5 Å². The number of carboxylic acids is 1. The van der Waals surface area contributed by atoms with E-state index in [9.17, 15) is 14.3 Å². The fourth-order valence-electron chi connectivity index (χ4n) is 3.02. The van der Waals surface area contributed by atoms with Crippen LogP contribution in [0.15, 0.2) is 35.0 Å². The maximum absolute atomic E-state index is 13.7. The summed E-state index contributed by atoms with van der Waals surface area (Å²) in [4.78, 5) is 15.6. The van der Waals surface area contributed by atoms with Crippen molar-refractivity contribution in [3.05, 3.63) is 53.2 Å². The number of rotatable bonds is 8. The second-order valence-electron chi connectivity index (χ2n) is 6.42. The minimum atomic E-state index is -1.19. The van der Waals surface area contributed by atoms with E-state index < -0.39 is 17.9 Å². The van der Waals surface area contributed by atoms with Crippen molar-refractivity contribution in [3.63, 3.8) is 0 Å². The van der Waals surface area contributed by atoms with Crippen molar-refractivity contribution < 1.29 is 28.3 Å². The maximum Gasteiger partial charge on any atom is 0.336 e. The van der Waals surface area contributed by atoms with Crippen LogP contribution in [-0.4, -0.2) is 35.4 Å². The lowest BCUT2D eigenvalue weighted by atomic mass is 10.0. The summed E-state index contributed by atoms with van der Waals surface area (Å²) in [5.74, 6) is -0.687. The summed E-state index contributed by atoms with van der Waals surface area (Å²) in [6, 6.07) is 5.01. The molecule has 2 aromatic heterocycles. The topological polar surface area (TPSA) is 133 Å². The molecule has 4 N–H and O–H groups in total. The molecular formula is C20H21FN4O5. The normalized spacial score (nSPS) is 11.9. The third kappa shape index (κ3) is 4.18. The number of pyridine rings is 1. The van der Waals surface area contributed by atoms with Gasteiger partial charge in [-0.2, -0.15) is 0 Å². The summed E-state index contributed by atoms with van der Waals surface area (Å²) in [5, 5.41) is 16.2. The van der Waals surface area contributed by atoms with Crippen LogP contribution >= 0.6 is 0 Å². The van der Waals surface area contributed by atoms with Gasteiger partial charge in [-0.3, -0.25) is 0 Å². The molecule has 9 nitrogen and oxygen atoms in total. The molecule has 0 aliphatic carbocycles. The van der Waals surface area contributed by atoms with Crippen molar-refractivity contribution in [2.75, 3.05) is 19.9 Å². The van der Waals surface area contributed by atoms with Crippen LogP contribution in [0.25, 0.3) is 11.1 Å². The molecule has 0 fully saturated rings. The van der Waals surface area contributed by atoms with E-state index in [0.29, 0.717) is 23.4 Å². The number of methoxy groups -OCH3 is 1. The number of nitrogens with one attached hydrogen (secondary N) is 1. The summed E-state index contributed by atoms with van der Waals surface area (Å²) in [5.41, 5.74) is 7.21. The Morgan fingerprint density at radius 3 is 2.83 bits per heavy atom. The number of nitrogens with two attached hydrogens (primary N) is 1. The third-order valence-corrected chi connectivity index (χ3v) is 4.42. The second kappa shape index (κ2) is 8.78. The average molecular weight is 416 g/mol. The number of carbonyl (C=O) groups is 1. The van der Waals surface area contributed by atoms with Crippen molar-refractivity contribution >= 4 is 11.8 Å². The van der Waals surface area contributed by atoms with Crippen molar-refractivity contribution in [1.82, 2.24) is 15.5 Å². The molecule has 0 amide bonds. The highest BCUT2D eigenvalue weighted by molar-refractivity contribution is 5.89. The fraction of sp³-hybridized carbons (Fsp3) is 0.250. The van der Waals surface area contributed by atoms with Gasteiger partial charge in [0.1, 0.15) is 11.9 Å². The SMILES string of the molecule is CNCc1onc(OC)c1-c1cnc(N)c(OC(C)c2cc(F)ccc2C(=O)O)c1. The third-order valence-electron chi connectivity index (χ3n) is 4.42. The predicted molar refractivity (Wildman–Crippen MR) is 106 cm³/mol. The highest BCUT2D eigenvalue weighted by Gasteiger charge is 2.22. The van der Waals surface area contributed by atoms with Gasteiger partial charge in [0.25, 0.3) is 5.88 Å². The number of benzene rings is 1. The number of carboxylic acid groups (broad SMARTS) is 1. The molecule has 0 radical (unpaired) electrons. The average Bonchev–Trinajstić information content (AvgIpc) is 3.12. The number of aromatic carboxylic acids is 1. The Morgan fingerprint density at radius 2 is 2.17 bits per heavy atom. The van der Waals surface area contributed by atoms with Gasteiger partial charge in [-0.05, 0) is 43.4 Å². The van der Waals surface area contributed by atoms with Crippen molar-refractivity contribution in [1.29, 1.82) is 0 Å². The number of anilines is 1. The van der Waals surface area contributed by atoms with E-state index in [4.69, 9.17) is 19.7 Å². The smallest absolute Gasteiger partial charge is 0.336 e. The largest absolute Gasteiger partial charge is 0.482 e. The summed E-state index contributed by atoms with van der Waals surface area (Å²) in [7, 11) is 3.22. The Kier molecular flexibility index (Phi) is 6.17. The van der Waals surface area contributed by atoms with Gasteiger partial charge in [-0.1, -0.05) is 0 Å². The highest BCUT2D eigenvalue weighted by Crippen LogP contribution is 2.37. The van der Waals surface area contributed by atoms with Gasteiger partial charge in [0, 0.05) is 17.3 Å². The van der Waals surface area contributed by atoms with E-state index in [-0.39, 0.29) is 28.6 Å². The zero-order valence-electron chi connectivity index (χ0n) is 16.6. The van der Waals surface area contributed by atoms with Gasteiger partial charge in [0.2, 0.25) is 0 Å².